The van der Waals surface area contributed by atoms with Crippen LogP contribution in [0.4, 0.5) is 5.69 Å². The Balaban J connectivity index is 0.00000256. The summed E-state index contributed by atoms with van der Waals surface area (Å²) in [6.07, 6.45) is 0.0871. The van der Waals surface area contributed by atoms with E-state index in [0.717, 1.165) is 0 Å². The Morgan fingerprint density at radius 3 is 2.65 bits per heavy atom. The monoisotopic (exact) mass is 260 g/mol. The highest BCUT2D eigenvalue weighted by Gasteiger charge is 2.19. The summed E-state index contributed by atoms with van der Waals surface area (Å²) in [5.41, 5.74) is 5.91. The van der Waals surface area contributed by atoms with Gasteiger partial charge in [-0.15, -0.1) is 12.4 Å². The lowest BCUT2D eigenvalue weighted by atomic mass is 10.0. The van der Waals surface area contributed by atoms with Crippen LogP contribution in [0.3, 0.4) is 0 Å². The lowest BCUT2D eigenvalue weighted by molar-refractivity contribution is -0.385. The maximum Gasteiger partial charge on any atom is 0.322 e. The summed E-state index contributed by atoms with van der Waals surface area (Å²) in [4.78, 5) is 21.3. The molecule has 0 fully saturated rings. The molecule has 7 heteroatoms. The van der Waals surface area contributed by atoms with Gasteiger partial charge < -0.3 is 10.5 Å². The third-order valence-corrected chi connectivity index (χ3v) is 2.13. The molecule has 1 rings (SSSR count). The summed E-state index contributed by atoms with van der Waals surface area (Å²) in [5.74, 6) is -0.585. The second-order valence-electron chi connectivity index (χ2n) is 3.22. The number of nitrogens with zero attached hydrogens (tertiary/aromatic N) is 1. The minimum Gasteiger partial charge on any atom is -0.468 e. The average Bonchev–Trinajstić information content (AvgIpc) is 2.28. The van der Waals surface area contributed by atoms with Gasteiger partial charge in [0.25, 0.3) is 5.69 Å². The molecule has 0 heterocycles. The van der Waals surface area contributed by atoms with Crippen LogP contribution in [0.5, 0.6) is 0 Å². The van der Waals surface area contributed by atoms with Gasteiger partial charge >= 0.3 is 5.97 Å². The zero-order chi connectivity index (χ0) is 12.1. The molecule has 0 unspecified atom stereocenters. The number of para-hydroxylation sites is 1. The maximum atomic E-state index is 11.1. The van der Waals surface area contributed by atoms with Crippen molar-refractivity contribution in [2.75, 3.05) is 7.11 Å². The molecule has 0 amide bonds. The summed E-state index contributed by atoms with van der Waals surface area (Å²) >= 11 is 0. The summed E-state index contributed by atoms with van der Waals surface area (Å²) in [6, 6.07) is 5.28. The first kappa shape index (κ1) is 15.3. The number of hydrogen-bond donors (Lipinski definition) is 1. The normalized spacial score (nSPS) is 11.2. The van der Waals surface area contributed by atoms with E-state index in [2.05, 4.69) is 4.74 Å². The van der Waals surface area contributed by atoms with E-state index in [1.807, 2.05) is 0 Å². The van der Waals surface area contributed by atoms with Gasteiger partial charge in [0.2, 0.25) is 0 Å². The average molecular weight is 261 g/mol. The van der Waals surface area contributed by atoms with Crippen LogP contribution in [0, 0.1) is 10.1 Å². The van der Waals surface area contributed by atoms with Crippen LogP contribution in [0.15, 0.2) is 24.3 Å². The first-order chi connectivity index (χ1) is 7.56. The summed E-state index contributed by atoms with van der Waals surface area (Å²) in [7, 11) is 1.22. The minimum atomic E-state index is -0.883. The van der Waals surface area contributed by atoms with Gasteiger partial charge in [-0.3, -0.25) is 14.9 Å². The first-order valence-corrected chi connectivity index (χ1v) is 4.62. The zero-order valence-electron chi connectivity index (χ0n) is 9.16. The molecule has 0 aliphatic rings. The van der Waals surface area contributed by atoms with Crippen molar-refractivity contribution in [3.63, 3.8) is 0 Å². The molecule has 1 aromatic rings. The molecule has 1 aromatic carbocycles. The van der Waals surface area contributed by atoms with Crippen LogP contribution in [0.25, 0.3) is 0 Å². The van der Waals surface area contributed by atoms with Crippen molar-refractivity contribution in [3.05, 3.63) is 39.9 Å². The van der Waals surface area contributed by atoms with E-state index in [1.165, 1.54) is 13.2 Å². The fraction of sp³-hybridized carbons (Fsp3) is 0.300. The molecule has 0 saturated carbocycles. The molecule has 17 heavy (non-hydrogen) atoms. The molecule has 0 saturated heterocycles. The number of nitro groups is 1. The third-order valence-electron chi connectivity index (χ3n) is 2.13. The van der Waals surface area contributed by atoms with Gasteiger partial charge in [0.1, 0.15) is 6.04 Å². The van der Waals surface area contributed by atoms with Crippen LogP contribution in [0.2, 0.25) is 0 Å². The molecular formula is C10H13ClN2O4. The highest BCUT2D eigenvalue weighted by Crippen LogP contribution is 2.18. The molecule has 0 radical (unpaired) electrons. The Morgan fingerprint density at radius 1 is 1.53 bits per heavy atom. The van der Waals surface area contributed by atoms with Gasteiger partial charge in [-0.05, 0) is 0 Å². The number of rotatable bonds is 4. The highest BCUT2D eigenvalue weighted by atomic mass is 35.5. The Bertz CT molecular complexity index is 411. The molecule has 0 aliphatic carbocycles. The topological polar surface area (TPSA) is 95.5 Å². The van der Waals surface area contributed by atoms with Crippen LogP contribution in [-0.2, 0) is 16.0 Å². The van der Waals surface area contributed by atoms with Gasteiger partial charge in [0, 0.05) is 18.1 Å². The molecule has 6 nitrogen and oxygen atoms in total. The molecule has 1 atom stereocenters. The van der Waals surface area contributed by atoms with E-state index in [-0.39, 0.29) is 24.5 Å². The first-order valence-electron chi connectivity index (χ1n) is 4.62. The number of carbonyl (C=O) groups excluding carboxylic acids is 1. The van der Waals surface area contributed by atoms with Crippen LogP contribution < -0.4 is 5.73 Å². The van der Waals surface area contributed by atoms with Crippen LogP contribution in [-0.4, -0.2) is 24.0 Å². The number of hydrogen-bond acceptors (Lipinski definition) is 5. The largest absolute Gasteiger partial charge is 0.468 e. The second kappa shape index (κ2) is 6.82. The number of nitro benzene ring substituents is 1. The van der Waals surface area contributed by atoms with Gasteiger partial charge in [-0.25, -0.2) is 0 Å². The number of methoxy groups -OCH3 is 1. The van der Waals surface area contributed by atoms with Crippen molar-refractivity contribution in [3.8, 4) is 0 Å². The molecule has 0 bridgehead atoms. The van der Waals surface area contributed by atoms with Crippen molar-refractivity contribution in [2.24, 2.45) is 5.73 Å². The number of esters is 1. The summed E-state index contributed by atoms with van der Waals surface area (Å²) in [6.45, 7) is 0. The fourth-order valence-corrected chi connectivity index (χ4v) is 1.33. The van der Waals surface area contributed by atoms with Crippen molar-refractivity contribution >= 4 is 24.1 Å². The molecule has 0 aliphatic heterocycles. The lowest BCUT2D eigenvalue weighted by Crippen LogP contribution is -2.33. The predicted molar refractivity (Wildman–Crippen MR) is 64.0 cm³/mol. The Hall–Kier alpha value is -1.66. The quantitative estimate of drug-likeness (QED) is 0.496. The second-order valence-corrected chi connectivity index (χ2v) is 3.22. The SMILES string of the molecule is COC(=O)[C@H](N)Cc1ccccc1[N+](=O)[O-].Cl. The minimum absolute atomic E-state index is 0. The zero-order valence-corrected chi connectivity index (χ0v) is 9.98. The van der Waals surface area contributed by atoms with Gasteiger partial charge in [-0.1, -0.05) is 18.2 Å². The van der Waals surface area contributed by atoms with Gasteiger partial charge in [0.05, 0.1) is 12.0 Å². The number of carbonyl (C=O) groups is 1. The van der Waals surface area contributed by atoms with Gasteiger partial charge in [0.15, 0.2) is 0 Å². The van der Waals surface area contributed by atoms with E-state index in [9.17, 15) is 14.9 Å². The van der Waals surface area contributed by atoms with E-state index in [0.29, 0.717) is 5.56 Å². The molecule has 0 aromatic heterocycles. The molecule has 0 spiro atoms. The molecular weight excluding hydrogens is 248 g/mol. The van der Waals surface area contributed by atoms with Crippen molar-refractivity contribution in [1.82, 2.24) is 0 Å². The number of nitrogens with two attached hydrogens (primary N) is 1. The van der Waals surface area contributed by atoms with E-state index in [4.69, 9.17) is 5.73 Å². The fourth-order valence-electron chi connectivity index (χ4n) is 1.33. The Morgan fingerprint density at radius 2 is 2.12 bits per heavy atom. The lowest BCUT2D eigenvalue weighted by Gasteiger charge is -2.09. The van der Waals surface area contributed by atoms with Crippen molar-refractivity contribution in [2.45, 2.75) is 12.5 Å². The predicted octanol–water partition coefficient (Wildman–Crippen LogP) is 1.06. The molecule has 94 valence electrons. The number of benzene rings is 1. The van der Waals surface area contributed by atoms with Crippen molar-refractivity contribution in [1.29, 1.82) is 0 Å². The Labute approximate surface area is 104 Å². The maximum absolute atomic E-state index is 11.1. The van der Waals surface area contributed by atoms with Gasteiger partial charge in [-0.2, -0.15) is 0 Å². The number of ether oxygens (including phenoxy) is 1. The highest BCUT2D eigenvalue weighted by molar-refractivity contribution is 5.85. The Kier molecular flexibility index (Phi) is 6.16. The van der Waals surface area contributed by atoms with Crippen LogP contribution >= 0.6 is 12.4 Å². The van der Waals surface area contributed by atoms with E-state index >= 15 is 0 Å². The smallest absolute Gasteiger partial charge is 0.322 e. The number of halogens is 1. The van der Waals surface area contributed by atoms with E-state index in [1.54, 1.807) is 18.2 Å². The van der Waals surface area contributed by atoms with Crippen molar-refractivity contribution < 1.29 is 14.5 Å². The third kappa shape index (κ3) is 4.01. The summed E-state index contributed by atoms with van der Waals surface area (Å²) in [5, 5.41) is 10.7. The van der Waals surface area contributed by atoms with E-state index < -0.39 is 16.9 Å². The van der Waals surface area contributed by atoms with Crippen LogP contribution in [0.1, 0.15) is 5.56 Å². The standard InChI is InChI=1S/C10H12N2O4.ClH/c1-16-10(13)8(11)6-7-4-2-3-5-9(7)12(14)15;/h2-5,8H,6,11H2,1H3;1H/t8-;/m1./s1. The molecule has 2 N–H and O–H groups in total. The summed E-state index contributed by atoms with van der Waals surface area (Å²) < 4.78 is 4.45.